The van der Waals surface area contributed by atoms with E-state index in [9.17, 15) is 19.8 Å². The van der Waals surface area contributed by atoms with Gasteiger partial charge in [0.15, 0.2) is 6.23 Å². The number of H-pyrrole nitrogens is 1. The predicted molar refractivity (Wildman–Crippen MR) is 54.3 cm³/mol. The van der Waals surface area contributed by atoms with Crippen molar-refractivity contribution in [3.05, 3.63) is 33.1 Å². The third-order valence-electron chi connectivity index (χ3n) is 2.64. The lowest BCUT2D eigenvalue weighted by molar-refractivity contribution is -0.0550. The van der Waals surface area contributed by atoms with Gasteiger partial charge in [0.1, 0.15) is 18.3 Å². The largest absolute Gasteiger partial charge is 0.394 e. The van der Waals surface area contributed by atoms with E-state index in [-0.39, 0.29) is 0 Å². The van der Waals surface area contributed by atoms with Crippen LogP contribution in [0.3, 0.4) is 0 Å². The molecule has 1 fully saturated rings. The first kappa shape index (κ1) is 12.0. The highest BCUT2D eigenvalue weighted by Crippen LogP contribution is 2.27. The monoisotopic (exact) mass is 246 g/mol. The fourth-order valence-corrected chi connectivity index (χ4v) is 1.74. The molecule has 1 saturated heterocycles. The Kier molecular flexibility index (Phi) is 3.11. The van der Waals surface area contributed by atoms with E-state index < -0.39 is 42.4 Å². The summed E-state index contributed by atoms with van der Waals surface area (Å²) < 4.78 is 6.08. The second kappa shape index (κ2) is 4.41. The number of nitrogens with one attached hydrogen (secondary N) is 1. The number of nitrogens with zero attached hydrogens (tertiary/aromatic N) is 1. The summed E-state index contributed by atoms with van der Waals surface area (Å²) >= 11 is 0. The summed E-state index contributed by atoms with van der Waals surface area (Å²) in [7, 11) is 0. The minimum absolute atomic E-state index is 0.479. The van der Waals surface area contributed by atoms with Crippen LogP contribution in [0.5, 0.6) is 0 Å². The number of aliphatic hydroxyl groups excluding tert-OH is 3. The van der Waals surface area contributed by atoms with Crippen molar-refractivity contribution in [2.45, 2.75) is 24.5 Å². The van der Waals surface area contributed by atoms with Crippen LogP contribution in [-0.2, 0) is 4.74 Å². The van der Waals surface area contributed by atoms with Gasteiger partial charge < -0.3 is 20.1 Å². The number of hydrogen-bond donors (Lipinski definition) is 4. The number of rotatable bonds is 2. The van der Waals surface area contributed by atoms with Crippen molar-refractivity contribution in [3.8, 4) is 0 Å². The Hall–Kier alpha value is -1.48. The topological polar surface area (TPSA) is 125 Å². The van der Waals surface area contributed by atoms with Crippen LogP contribution in [0.15, 0.2) is 21.9 Å². The average Bonchev–Trinajstić information content (AvgIpc) is 2.57. The average molecular weight is 246 g/mol. The normalized spacial score (nSPS) is 32.9. The highest BCUT2D eigenvalue weighted by Gasteiger charge is 2.43. The maximum Gasteiger partial charge on any atom is 0.330 e. The van der Waals surface area contributed by atoms with Gasteiger partial charge in [-0.2, -0.15) is 0 Å². The molecule has 2 rings (SSSR count). The quantitative estimate of drug-likeness (QED) is 0.445. The zero-order chi connectivity index (χ0) is 12.6. The van der Waals surface area contributed by atoms with Gasteiger partial charge in [-0.1, -0.05) is 0 Å². The minimum Gasteiger partial charge on any atom is -0.394 e. The van der Waals surface area contributed by atoms with Gasteiger partial charge in [-0.25, -0.2) is 4.79 Å². The maximum atomic E-state index is 11.4. The standard InChI is InChI=1S/C9H12N2O6/c12-3-4-6(14)7(15)8(17-4)11-2-1-5(13)10-9(11)16/h1-2,4,6-8,12,14-15H,3H2,(H,10,13,16)/t4-,6-,7-,8-/m1/s1/i10+1,11+1. The zero-order valence-electron chi connectivity index (χ0n) is 8.68. The van der Waals surface area contributed by atoms with Gasteiger partial charge in [0.25, 0.3) is 5.56 Å². The van der Waals surface area contributed by atoms with E-state index in [0.29, 0.717) is 0 Å². The molecule has 0 radical (unpaired) electrons. The van der Waals surface area contributed by atoms with E-state index in [2.05, 4.69) is 0 Å². The van der Waals surface area contributed by atoms with Gasteiger partial charge >= 0.3 is 5.69 Å². The summed E-state index contributed by atoms with van der Waals surface area (Å²) in [6, 6.07) is 1.09. The molecule has 4 atom stereocenters. The second-order valence-electron chi connectivity index (χ2n) is 3.75. The van der Waals surface area contributed by atoms with Gasteiger partial charge in [0, 0.05) is 12.3 Å². The molecular formula is C9H12N2O6. The van der Waals surface area contributed by atoms with Crippen molar-refractivity contribution in [2.24, 2.45) is 0 Å². The summed E-state index contributed by atoms with van der Waals surface area (Å²) in [5.74, 6) is 0. The second-order valence-corrected chi connectivity index (χ2v) is 3.75. The third-order valence-corrected chi connectivity index (χ3v) is 2.64. The molecule has 94 valence electrons. The molecule has 0 saturated carbocycles. The predicted octanol–water partition coefficient (Wildman–Crippen LogP) is -2.85. The summed E-state index contributed by atoms with van der Waals surface area (Å²) in [6.07, 6.45) is -3.58. The highest BCUT2D eigenvalue weighted by molar-refractivity contribution is 4.92. The Morgan fingerprint density at radius 2 is 2.06 bits per heavy atom. The van der Waals surface area contributed by atoms with Crippen molar-refractivity contribution in [3.63, 3.8) is 0 Å². The third kappa shape index (κ3) is 2.03. The van der Waals surface area contributed by atoms with Crippen LogP contribution in [0.1, 0.15) is 6.23 Å². The first-order valence-corrected chi connectivity index (χ1v) is 4.98. The Morgan fingerprint density at radius 1 is 1.35 bits per heavy atom. The molecule has 0 unspecified atom stereocenters. The number of aliphatic hydroxyl groups is 3. The molecule has 0 aliphatic carbocycles. The molecule has 0 bridgehead atoms. The Bertz CT molecular complexity index is 509. The van der Waals surface area contributed by atoms with Crippen LogP contribution < -0.4 is 11.2 Å². The molecule has 2 heterocycles. The minimum atomic E-state index is -1.35. The number of ether oxygens (including phenoxy) is 1. The first-order valence-electron chi connectivity index (χ1n) is 4.98. The maximum absolute atomic E-state index is 11.4. The SMILES string of the molecule is O=c1cc[15n]([C@@H]2O[C@H](CO)[C@@H](O)[C@H]2O)c(=O)[15nH]1. The van der Waals surface area contributed by atoms with E-state index in [1.807, 2.05) is 4.98 Å². The fraction of sp³-hybridized carbons (Fsp3) is 0.556. The van der Waals surface area contributed by atoms with Gasteiger partial charge in [-0.3, -0.25) is 14.3 Å². The molecule has 8 heteroatoms. The van der Waals surface area contributed by atoms with Crippen LogP contribution in [-0.4, -0.2) is 49.8 Å². The molecule has 1 aromatic heterocycles. The van der Waals surface area contributed by atoms with Crippen LogP contribution in [0.2, 0.25) is 0 Å². The lowest BCUT2D eigenvalue weighted by Gasteiger charge is -2.16. The molecule has 4 N–H and O–H groups in total. The Balaban J connectivity index is 2.35. The molecule has 17 heavy (non-hydrogen) atoms. The Morgan fingerprint density at radius 3 is 2.59 bits per heavy atom. The van der Waals surface area contributed by atoms with Crippen LogP contribution in [0.25, 0.3) is 0 Å². The highest BCUT2D eigenvalue weighted by atomic mass is 16.6. The Labute approximate surface area is 94.7 Å². The molecule has 0 amide bonds. The molecule has 1 aliphatic heterocycles. The molecule has 0 spiro atoms. The summed E-state index contributed by atoms with van der Waals surface area (Å²) in [5, 5.41) is 28.1. The fourth-order valence-electron chi connectivity index (χ4n) is 1.74. The van der Waals surface area contributed by atoms with Gasteiger partial charge in [-0.05, 0) is 0 Å². The van der Waals surface area contributed by atoms with Crippen LogP contribution >= 0.6 is 0 Å². The summed E-state index contributed by atoms with van der Waals surface area (Å²) in [5.41, 5.74) is -1.33. The van der Waals surface area contributed by atoms with Crippen LogP contribution in [0, 0.1) is 0 Å². The van der Waals surface area contributed by atoms with Crippen molar-refractivity contribution in [1.29, 1.82) is 0 Å². The van der Waals surface area contributed by atoms with E-state index in [4.69, 9.17) is 9.84 Å². The lowest BCUT2D eigenvalue weighted by atomic mass is 10.1. The van der Waals surface area contributed by atoms with Crippen molar-refractivity contribution >= 4 is 0 Å². The van der Waals surface area contributed by atoms with E-state index in [1.54, 1.807) is 0 Å². The van der Waals surface area contributed by atoms with Crippen molar-refractivity contribution in [2.75, 3.05) is 6.61 Å². The number of hydrogen-bond acceptors (Lipinski definition) is 6. The smallest absolute Gasteiger partial charge is 0.330 e. The number of aromatic amines is 1. The van der Waals surface area contributed by atoms with Gasteiger partial charge in [0.2, 0.25) is 0 Å². The van der Waals surface area contributed by atoms with Crippen LogP contribution in [0.4, 0.5) is 0 Å². The summed E-state index contributed by atoms with van der Waals surface area (Å²) in [6.45, 7) is -0.479. The van der Waals surface area contributed by atoms with Gasteiger partial charge in [0.05, 0.1) is 6.61 Å². The molecule has 1 aromatic rings. The van der Waals surface area contributed by atoms with E-state index in [1.165, 1.54) is 0 Å². The van der Waals surface area contributed by atoms with E-state index in [0.717, 1.165) is 16.8 Å². The summed E-state index contributed by atoms with van der Waals surface area (Å²) in [4.78, 5) is 24.3. The van der Waals surface area contributed by atoms with Crippen molar-refractivity contribution < 1.29 is 20.1 Å². The van der Waals surface area contributed by atoms with Crippen molar-refractivity contribution in [1.82, 2.24) is 9.55 Å². The molecule has 0 aromatic carbocycles. The molecule has 8 nitrogen and oxygen atoms in total. The van der Waals surface area contributed by atoms with Gasteiger partial charge in [-0.15, -0.1) is 0 Å². The van der Waals surface area contributed by atoms with E-state index >= 15 is 0 Å². The molecular weight excluding hydrogens is 234 g/mol. The first-order chi connectivity index (χ1) is 8.04. The number of aromatic nitrogens is 2. The zero-order valence-corrected chi connectivity index (χ0v) is 8.68. The lowest BCUT2D eigenvalue weighted by Crippen LogP contribution is -2.37. The molecule has 1 aliphatic rings.